The molecule has 0 aliphatic carbocycles. The summed E-state index contributed by atoms with van der Waals surface area (Å²) in [5, 5.41) is 17.8. The number of hydrogen-bond donors (Lipinski definition) is 3. The summed E-state index contributed by atoms with van der Waals surface area (Å²) in [6, 6.07) is 14.1. The zero-order valence-corrected chi connectivity index (χ0v) is 18.4. The molecule has 0 saturated heterocycles. The van der Waals surface area contributed by atoms with E-state index < -0.39 is 51.8 Å². The van der Waals surface area contributed by atoms with E-state index in [9.17, 15) is 32.7 Å². The standard InChI is InChI=1S/C23H17F3N6O4/c1-13-11-17(33)19(30-32(13)16-10-6-5-9-15(16)23(24,25)26)21(35)27-28-22(36)20-18(34)12-31(29-20)14-7-3-2-4-8-14/h2-12,34H,1H3,(H,27,35)(H,28,36). The monoisotopic (exact) mass is 498 g/mol. The third kappa shape index (κ3) is 4.80. The molecule has 0 radical (unpaired) electrons. The summed E-state index contributed by atoms with van der Waals surface area (Å²) in [6.45, 7) is 1.36. The minimum absolute atomic E-state index is 0.0497. The molecular weight excluding hydrogens is 481 g/mol. The summed E-state index contributed by atoms with van der Waals surface area (Å²) in [7, 11) is 0. The Morgan fingerprint density at radius 3 is 2.19 bits per heavy atom. The molecule has 13 heteroatoms. The van der Waals surface area contributed by atoms with E-state index in [4.69, 9.17) is 0 Å². The summed E-state index contributed by atoms with van der Waals surface area (Å²) >= 11 is 0. The van der Waals surface area contributed by atoms with Crippen LogP contribution in [0.25, 0.3) is 11.4 Å². The van der Waals surface area contributed by atoms with Gasteiger partial charge in [-0.3, -0.25) is 25.2 Å². The van der Waals surface area contributed by atoms with Crippen LogP contribution in [-0.2, 0) is 6.18 Å². The van der Waals surface area contributed by atoms with E-state index in [1.165, 1.54) is 29.9 Å². The molecule has 4 rings (SSSR count). The molecule has 2 heterocycles. The number of aromatic nitrogens is 4. The number of carbonyl (C=O) groups is 2. The average molecular weight is 498 g/mol. The molecule has 10 nitrogen and oxygen atoms in total. The molecule has 0 saturated carbocycles. The van der Waals surface area contributed by atoms with Gasteiger partial charge in [0.05, 0.1) is 23.1 Å². The average Bonchev–Trinajstić information content (AvgIpc) is 3.24. The smallest absolute Gasteiger partial charge is 0.418 e. The van der Waals surface area contributed by atoms with Crippen LogP contribution in [0.3, 0.4) is 0 Å². The van der Waals surface area contributed by atoms with Gasteiger partial charge in [0.2, 0.25) is 5.43 Å². The van der Waals surface area contributed by atoms with E-state index in [-0.39, 0.29) is 5.69 Å². The fourth-order valence-electron chi connectivity index (χ4n) is 3.32. The number of halogens is 3. The molecular formula is C23H17F3N6O4. The van der Waals surface area contributed by atoms with Gasteiger partial charge in [0.15, 0.2) is 17.1 Å². The fraction of sp³-hybridized carbons (Fsp3) is 0.0870. The lowest BCUT2D eigenvalue weighted by atomic mass is 10.1. The first-order chi connectivity index (χ1) is 17.1. The van der Waals surface area contributed by atoms with Gasteiger partial charge in [-0.25, -0.2) is 9.36 Å². The van der Waals surface area contributed by atoms with Gasteiger partial charge in [0.1, 0.15) is 0 Å². The molecule has 36 heavy (non-hydrogen) atoms. The molecule has 2 aromatic heterocycles. The van der Waals surface area contributed by atoms with Crippen molar-refractivity contribution in [1.29, 1.82) is 0 Å². The van der Waals surface area contributed by atoms with Gasteiger partial charge < -0.3 is 5.11 Å². The second-order valence-corrected chi connectivity index (χ2v) is 7.48. The van der Waals surface area contributed by atoms with Crippen LogP contribution in [-0.4, -0.2) is 36.5 Å². The SMILES string of the molecule is Cc1cc(=O)c(C(=O)NNC(=O)c2nn(-c3ccccc3)cc2O)nn1-c1ccccc1C(F)(F)F. The van der Waals surface area contributed by atoms with Crippen LogP contribution in [0.2, 0.25) is 0 Å². The molecule has 0 atom stereocenters. The summed E-state index contributed by atoms with van der Waals surface area (Å²) in [5.41, 5.74) is 1.08. The first-order valence-corrected chi connectivity index (χ1v) is 10.3. The number of benzene rings is 2. The third-order valence-electron chi connectivity index (χ3n) is 4.98. The van der Waals surface area contributed by atoms with Gasteiger partial charge in [-0.2, -0.15) is 23.4 Å². The minimum atomic E-state index is -4.71. The zero-order chi connectivity index (χ0) is 26.0. The molecule has 2 aromatic carbocycles. The predicted octanol–water partition coefficient (Wildman–Crippen LogP) is 2.53. The molecule has 0 aliphatic heterocycles. The van der Waals surface area contributed by atoms with Crippen molar-refractivity contribution in [1.82, 2.24) is 30.4 Å². The molecule has 2 amide bonds. The lowest BCUT2D eigenvalue weighted by molar-refractivity contribution is -0.137. The highest BCUT2D eigenvalue weighted by Gasteiger charge is 2.34. The van der Waals surface area contributed by atoms with Gasteiger partial charge in [0.25, 0.3) is 11.8 Å². The van der Waals surface area contributed by atoms with Gasteiger partial charge in [-0.05, 0) is 31.2 Å². The van der Waals surface area contributed by atoms with Crippen molar-refractivity contribution in [2.75, 3.05) is 0 Å². The van der Waals surface area contributed by atoms with Crippen LogP contribution in [0, 0.1) is 6.92 Å². The van der Waals surface area contributed by atoms with E-state index in [0.29, 0.717) is 5.69 Å². The van der Waals surface area contributed by atoms with Crippen molar-refractivity contribution in [3.63, 3.8) is 0 Å². The first-order valence-electron chi connectivity index (χ1n) is 10.3. The van der Waals surface area contributed by atoms with Crippen molar-refractivity contribution >= 4 is 11.8 Å². The number of rotatable bonds is 4. The van der Waals surface area contributed by atoms with Crippen LogP contribution in [0.15, 0.2) is 71.7 Å². The topological polar surface area (TPSA) is 131 Å². The van der Waals surface area contributed by atoms with Crippen LogP contribution in [0.5, 0.6) is 5.75 Å². The van der Waals surface area contributed by atoms with E-state index >= 15 is 0 Å². The lowest BCUT2D eigenvalue weighted by Gasteiger charge is -2.16. The van der Waals surface area contributed by atoms with Crippen LogP contribution < -0.4 is 16.3 Å². The Morgan fingerprint density at radius 2 is 1.53 bits per heavy atom. The lowest BCUT2D eigenvalue weighted by Crippen LogP contribution is -2.44. The van der Waals surface area contributed by atoms with E-state index in [0.717, 1.165) is 22.9 Å². The number of nitrogens with one attached hydrogen (secondary N) is 2. The fourth-order valence-corrected chi connectivity index (χ4v) is 3.32. The number of carbonyl (C=O) groups excluding carboxylic acids is 2. The van der Waals surface area contributed by atoms with Gasteiger partial charge in [0, 0.05) is 11.8 Å². The van der Waals surface area contributed by atoms with Crippen LogP contribution in [0.1, 0.15) is 32.2 Å². The number of hydrazine groups is 1. The number of para-hydroxylation sites is 2. The second kappa shape index (κ2) is 9.37. The van der Waals surface area contributed by atoms with Crippen molar-refractivity contribution in [3.8, 4) is 17.1 Å². The van der Waals surface area contributed by atoms with Crippen molar-refractivity contribution in [3.05, 3.63) is 99.7 Å². The molecule has 0 aliphatic rings. The number of hydrogen-bond acceptors (Lipinski definition) is 6. The van der Waals surface area contributed by atoms with Crippen molar-refractivity contribution < 1.29 is 27.9 Å². The number of alkyl halides is 3. The van der Waals surface area contributed by atoms with Gasteiger partial charge in [-0.15, -0.1) is 0 Å². The maximum atomic E-state index is 13.5. The molecule has 0 bridgehead atoms. The highest BCUT2D eigenvalue weighted by molar-refractivity contribution is 5.98. The van der Waals surface area contributed by atoms with E-state index in [1.807, 2.05) is 10.9 Å². The Labute approximate surface area is 200 Å². The highest BCUT2D eigenvalue weighted by Crippen LogP contribution is 2.33. The number of aryl methyl sites for hydroxylation is 1. The normalized spacial score (nSPS) is 11.2. The Hall–Kier alpha value is -4.94. The Morgan fingerprint density at radius 1 is 0.917 bits per heavy atom. The quantitative estimate of drug-likeness (QED) is 0.371. The number of nitrogens with zero attached hydrogens (tertiary/aromatic N) is 4. The summed E-state index contributed by atoms with van der Waals surface area (Å²) in [4.78, 5) is 37.4. The summed E-state index contributed by atoms with van der Waals surface area (Å²) in [5.74, 6) is -2.68. The molecule has 184 valence electrons. The first kappa shape index (κ1) is 24.2. The highest BCUT2D eigenvalue weighted by atomic mass is 19.4. The second-order valence-electron chi connectivity index (χ2n) is 7.48. The van der Waals surface area contributed by atoms with Crippen molar-refractivity contribution in [2.45, 2.75) is 13.1 Å². The Balaban J connectivity index is 1.57. The molecule has 0 fully saturated rings. The molecule has 0 spiro atoms. The third-order valence-corrected chi connectivity index (χ3v) is 4.98. The predicted molar refractivity (Wildman–Crippen MR) is 120 cm³/mol. The van der Waals surface area contributed by atoms with Crippen LogP contribution in [0.4, 0.5) is 13.2 Å². The van der Waals surface area contributed by atoms with Crippen molar-refractivity contribution in [2.24, 2.45) is 0 Å². The largest absolute Gasteiger partial charge is 0.504 e. The van der Waals surface area contributed by atoms with E-state index in [1.54, 1.807) is 30.3 Å². The van der Waals surface area contributed by atoms with Gasteiger partial charge in [-0.1, -0.05) is 30.3 Å². The maximum absolute atomic E-state index is 13.5. The zero-order valence-electron chi connectivity index (χ0n) is 18.4. The molecule has 3 N–H and O–H groups in total. The number of aromatic hydroxyl groups is 1. The minimum Gasteiger partial charge on any atom is -0.504 e. The van der Waals surface area contributed by atoms with E-state index in [2.05, 4.69) is 10.2 Å². The number of amides is 2. The Kier molecular flexibility index (Phi) is 6.29. The Bertz CT molecular complexity index is 1510. The maximum Gasteiger partial charge on any atom is 0.418 e. The summed E-state index contributed by atoms with van der Waals surface area (Å²) < 4.78 is 42.4. The van der Waals surface area contributed by atoms with Crippen LogP contribution >= 0.6 is 0 Å². The molecule has 4 aromatic rings. The molecule has 0 unspecified atom stereocenters. The van der Waals surface area contributed by atoms with Gasteiger partial charge >= 0.3 is 6.18 Å². The summed E-state index contributed by atoms with van der Waals surface area (Å²) in [6.07, 6.45) is -3.53.